The van der Waals surface area contributed by atoms with Crippen molar-refractivity contribution in [1.82, 2.24) is 5.32 Å². The molecule has 3 rings (SSSR count). The fraction of sp³-hybridized carbons (Fsp3) is 0.143. The minimum atomic E-state index is -0.410. The maximum atomic E-state index is 12.2. The Hall–Kier alpha value is -3.34. The van der Waals surface area contributed by atoms with E-state index < -0.39 is 5.97 Å². The van der Waals surface area contributed by atoms with Gasteiger partial charge in [0.2, 0.25) is 0 Å². The number of rotatable bonds is 5. The zero-order valence-corrected chi connectivity index (χ0v) is 14.5. The molecule has 0 aromatic heterocycles. The molecule has 0 heterocycles. The van der Waals surface area contributed by atoms with Gasteiger partial charge in [0.25, 0.3) is 0 Å². The molecule has 0 fully saturated rings. The number of benzene rings is 3. The predicted octanol–water partition coefficient (Wildman–Crippen LogP) is 4.34. The van der Waals surface area contributed by atoms with E-state index in [9.17, 15) is 9.59 Å². The second-order valence-corrected chi connectivity index (χ2v) is 5.75. The van der Waals surface area contributed by atoms with Crippen molar-refractivity contribution in [1.29, 1.82) is 0 Å². The summed E-state index contributed by atoms with van der Waals surface area (Å²) in [4.78, 5) is 24.0. The van der Waals surface area contributed by atoms with Crippen molar-refractivity contribution in [3.8, 4) is 0 Å². The number of carbonyl (C=O) groups is 2. The molecule has 0 saturated heterocycles. The highest BCUT2D eigenvalue weighted by Crippen LogP contribution is 2.18. The van der Waals surface area contributed by atoms with Crippen molar-refractivity contribution < 1.29 is 14.3 Å². The maximum absolute atomic E-state index is 12.2. The van der Waals surface area contributed by atoms with Crippen LogP contribution >= 0.6 is 0 Å². The Balaban J connectivity index is 1.64. The average Bonchev–Trinajstić information content (AvgIpc) is 2.67. The highest BCUT2D eigenvalue weighted by atomic mass is 16.5. The van der Waals surface area contributed by atoms with Crippen LogP contribution in [0.15, 0.2) is 66.7 Å². The van der Waals surface area contributed by atoms with E-state index in [0.717, 1.165) is 16.3 Å². The summed E-state index contributed by atoms with van der Waals surface area (Å²) in [7, 11) is 0. The van der Waals surface area contributed by atoms with Crippen LogP contribution in [0.4, 0.5) is 10.5 Å². The van der Waals surface area contributed by atoms with Gasteiger partial charge in [0, 0.05) is 12.2 Å². The summed E-state index contributed by atoms with van der Waals surface area (Å²) in [5.41, 5.74) is 1.98. The maximum Gasteiger partial charge on any atom is 0.338 e. The van der Waals surface area contributed by atoms with Crippen LogP contribution < -0.4 is 10.6 Å². The van der Waals surface area contributed by atoms with Gasteiger partial charge in [-0.25, -0.2) is 9.59 Å². The molecule has 0 aliphatic carbocycles. The lowest BCUT2D eigenvalue weighted by Gasteiger charge is -2.10. The van der Waals surface area contributed by atoms with E-state index in [2.05, 4.69) is 10.6 Å². The number of ether oxygens (including phenoxy) is 1. The molecule has 0 radical (unpaired) electrons. The monoisotopic (exact) mass is 348 g/mol. The van der Waals surface area contributed by atoms with Crippen LogP contribution in [0.3, 0.4) is 0 Å². The quantitative estimate of drug-likeness (QED) is 0.674. The number of urea groups is 1. The molecule has 2 amide bonds. The molecule has 5 heteroatoms. The first-order chi connectivity index (χ1) is 12.7. The Labute approximate surface area is 152 Å². The van der Waals surface area contributed by atoms with Crippen LogP contribution in [0, 0.1) is 0 Å². The third-order valence-electron chi connectivity index (χ3n) is 3.95. The molecule has 0 unspecified atom stereocenters. The lowest BCUT2D eigenvalue weighted by Crippen LogP contribution is -2.28. The SMILES string of the molecule is CCOC(=O)c1cccc(NC(=O)NCc2cccc3ccccc23)c1. The standard InChI is InChI=1S/C21H20N2O3/c1-2-26-20(24)16-9-6-11-18(13-16)23-21(25)22-14-17-10-5-8-15-7-3-4-12-19(15)17/h3-13H,2,14H2,1H3,(H2,22,23,25). The van der Waals surface area contributed by atoms with E-state index >= 15 is 0 Å². The average molecular weight is 348 g/mol. The van der Waals surface area contributed by atoms with Gasteiger partial charge in [-0.1, -0.05) is 48.5 Å². The second-order valence-electron chi connectivity index (χ2n) is 5.75. The molecule has 2 N–H and O–H groups in total. The summed E-state index contributed by atoms with van der Waals surface area (Å²) in [6.45, 7) is 2.47. The fourth-order valence-electron chi connectivity index (χ4n) is 2.74. The van der Waals surface area contributed by atoms with Crippen molar-refractivity contribution in [2.24, 2.45) is 0 Å². The summed E-state index contributed by atoms with van der Waals surface area (Å²) in [6, 6.07) is 20.4. The lowest BCUT2D eigenvalue weighted by molar-refractivity contribution is 0.0526. The molecule has 0 saturated carbocycles. The van der Waals surface area contributed by atoms with Gasteiger partial charge in [0.15, 0.2) is 0 Å². The van der Waals surface area contributed by atoms with Crippen LogP contribution in [-0.4, -0.2) is 18.6 Å². The summed E-state index contributed by atoms with van der Waals surface area (Å²) in [5, 5.41) is 7.83. The molecule has 3 aromatic carbocycles. The molecular formula is C21H20N2O3. The number of hydrogen-bond donors (Lipinski definition) is 2. The van der Waals surface area contributed by atoms with Crippen molar-refractivity contribution in [2.75, 3.05) is 11.9 Å². The van der Waals surface area contributed by atoms with Crippen molar-refractivity contribution in [3.05, 3.63) is 77.9 Å². The Kier molecular flexibility index (Phi) is 5.49. The van der Waals surface area contributed by atoms with Crippen molar-refractivity contribution in [3.63, 3.8) is 0 Å². The third kappa shape index (κ3) is 4.19. The Bertz CT molecular complexity index is 932. The number of fused-ring (bicyclic) bond motifs is 1. The zero-order chi connectivity index (χ0) is 18.4. The summed E-state index contributed by atoms with van der Waals surface area (Å²) >= 11 is 0. The molecular weight excluding hydrogens is 328 g/mol. The van der Waals surface area contributed by atoms with Gasteiger partial charge in [0.1, 0.15) is 0 Å². The van der Waals surface area contributed by atoms with E-state index in [-0.39, 0.29) is 6.03 Å². The summed E-state index contributed by atoms with van der Waals surface area (Å²) in [6.07, 6.45) is 0. The number of amides is 2. The number of carbonyl (C=O) groups excluding carboxylic acids is 2. The summed E-state index contributed by atoms with van der Waals surface area (Å²) in [5.74, 6) is -0.410. The van der Waals surface area contributed by atoms with E-state index in [1.807, 2.05) is 42.5 Å². The largest absolute Gasteiger partial charge is 0.462 e. The van der Waals surface area contributed by atoms with Gasteiger partial charge in [-0.15, -0.1) is 0 Å². The van der Waals surface area contributed by atoms with E-state index in [0.29, 0.717) is 24.4 Å². The highest BCUT2D eigenvalue weighted by molar-refractivity contribution is 5.94. The van der Waals surface area contributed by atoms with Crippen LogP contribution in [-0.2, 0) is 11.3 Å². The fourth-order valence-corrected chi connectivity index (χ4v) is 2.74. The van der Waals surface area contributed by atoms with Gasteiger partial charge in [-0.3, -0.25) is 0 Å². The molecule has 3 aromatic rings. The Morgan fingerprint density at radius 3 is 2.58 bits per heavy atom. The smallest absolute Gasteiger partial charge is 0.338 e. The van der Waals surface area contributed by atoms with Gasteiger partial charge < -0.3 is 15.4 Å². The molecule has 0 aliphatic heterocycles. The van der Waals surface area contributed by atoms with Crippen molar-refractivity contribution >= 4 is 28.5 Å². The molecule has 0 spiro atoms. The van der Waals surface area contributed by atoms with E-state index in [1.165, 1.54) is 0 Å². The topological polar surface area (TPSA) is 67.4 Å². The van der Waals surface area contributed by atoms with E-state index in [1.54, 1.807) is 31.2 Å². The molecule has 26 heavy (non-hydrogen) atoms. The zero-order valence-electron chi connectivity index (χ0n) is 14.5. The minimum absolute atomic E-state index is 0.308. The summed E-state index contributed by atoms with van der Waals surface area (Å²) < 4.78 is 4.97. The molecule has 5 nitrogen and oxygen atoms in total. The third-order valence-corrected chi connectivity index (χ3v) is 3.95. The Morgan fingerprint density at radius 2 is 1.73 bits per heavy atom. The predicted molar refractivity (Wildman–Crippen MR) is 102 cm³/mol. The van der Waals surface area contributed by atoms with Gasteiger partial charge in [0.05, 0.1) is 12.2 Å². The number of esters is 1. The van der Waals surface area contributed by atoms with Crippen LogP contribution in [0.25, 0.3) is 10.8 Å². The van der Waals surface area contributed by atoms with Crippen LogP contribution in [0.5, 0.6) is 0 Å². The Morgan fingerprint density at radius 1 is 0.962 bits per heavy atom. The molecule has 0 aliphatic rings. The van der Waals surface area contributed by atoms with Gasteiger partial charge >= 0.3 is 12.0 Å². The van der Waals surface area contributed by atoms with Gasteiger partial charge in [-0.2, -0.15) is 0 Å². The number of anilines is 1. The van der Waals surface area contributed by atoms with Crippen LogP contribution in [0.1, 0.15) is 22.8 Å². The minimum Gasteiger partial charge on any atom is -0.462 e. The normalized spacial score (nSPS) is 10.3. The first-order valence-corrected chi connectivity index (χ1v) is 8.46. The second kappa shape index (κ2) is 8.16. The lowest BCUT2D eigenvalue weighted by atomic mass is 10.0. The first-order valence-electron chi connectivity index (χ1n) is 8.46. The van der Waals surface area contributed by atoms with Crippen molar-refractivity contribution in [2.45, 2.75) is 13.5 Å². The highest BCUT2D eigenvalue weighted by Gasteiger charge is 2.09. The van der Waals surface area contributed by atoms with Crippen LogP contribution in [0.2, 0.25) is 0 Å². The number of nitrogens with one attached hydrogen (secondary N) is 2. The van der Waals surface area contributed by atoms with E-state index in [4.69, 9.17) is 4.74 Å². The first kappa shape index (κ1) is 17.5. The molecule has 0 atom stereocenters. The number of hydrogen-bond acceptors (Lipinski definition) is 3. The van der Waals surface area contributed by atoms with Gasteiger partial charge in [-0.05, 0) is 41.5 Å². The molecule has 0 bridgehead atoms. The molecule has 132 valence electrons.